The summed E-state index contributed by atoms with van der Waals surface area (Å²) < 4.78 is 19.1. The highest BCUT2D eigenvalue weighted by atomic mass is 19.1. The summed E-state index contributed by atoms with van der Waals surface area (Å²) in [6.45, 7) is 4.34. The average Bonchev–Trinajstić information content (AvgIpc) is 2.38. The Morgan fingerprint density at radius 3 is 3.00 bits per heavy atom. The summed E-state index contributed by atoms with van der Waals surface area (Å²) >= 11 is 0. The van der Waals surface area contributed by atoms with Crippen LogP contribution in [0.4, 0.5) is 4.39 Å². The van der Waals surface area contributed by atoms with Crippen molar-refractivity contribution < 1.29 is 9.13 Å². The maximum Gasteiger partial charge on any atom is 0.126 e. The first kappa shape index (κ1) is 12.4. The third-order valence-corrected chi connectivity index (χ3v) is 3.22. The fourth-order valence-electron chi connectivity index (χ4n) is 2.21. The Morgan fingerprint density at radius 2 is 2.29 bits per heavy atom. The van der Waals surface area contributed by atoms with E-state index in [9.17, 15) is 4.39 Å². The summed E-state index contributed by atoms with van der Waals surface area (Å²) in [4.78, 5) is 0. The van der Waals surface area contributed by atoms with Gasteiger partial charge < -0.3 is 10.1 Å². The Morgan fingerprint density at radius 1 is 1.47 bits per heavy atom. The van der Waals surface area contributed by atoms with Gasteiger partial charge in [0, 0.05) is 18.0 Å². The van der Waals surface area contributed by atoms with E-state index in [1.54, 1.807) is 13.0 Å². The van der Waals surface area contributed by atoms with Gasteiger partial charge in [0.25, 0.3) is 0 Å². The number of piperidine rings is 1. The Hall–Kier alpha value is -1.09. The van der Waals surface area contributed by atoms with Crippen molar-refractivity contribution >= 4 is 0 Å². The van der Waals surface area contributed by atoms with Crippen LogP contribution in [-0.4, -0.2) is 19.7 Å². The zero-order valence-electron chi connectivity index (χ0n) is 10.3. The second kappa shape index (κ2) is 6.01. The number of para-hydroxylation sites is 1. The van der Waals surface area contributed by atoms with Gasteiger partial charge in [0.2, 0.25) is 0 Å². The van der Waals surface area contributed by atoms with Crippen molar-refractivity contribution in [2.24, 2.45) is 5.92 Å². The topological polar surface area (TPSA) is 21.3 Å². The normalized spacial score (nSPS) is 22.1. The van der Waals surface area contributed by atoms with Crippen LogP contribution in [0.15, 0.2) is 24.3 Å². The number of halogens is 1. The highest BCUT2D eigenvalue weighted by molar-refractivity contribution is 5.34. The molecule has 0 radical (unpaired) electrons. The van der Waals surface area contributed by atoms with Gasteiger partial charge in [-0.05, 0) is 32.4 Å². The molecule has 2 atom stereocenters. The lowest BCUT2D eigenvalue weighted by Gasteiger charge is -2.23. The van der Waals surface area contributed by atoms with Crippen molar-refractivity contribution in [1.82, 2.24) is 5.32 Å². The molecule has 0 saturated carbocycles. The maximum atomic E-state index is 13.4. The molecule has 1 aliphatic heterocycles. The predicted molar refractivity (Wildman–Crippen MR) is 67.1 cm³/mol. The molecule has 17 heavy (non-hydrogen) atoms. The van der Waals surface area contributed by atoms with E-state index in [-0.39, 0.29) is 0 Å². The summed E-state index contributed by atoms with van der Waals surface area (Å²) in [5.41, 5.74) is 0.649. The van der Waals surface area contributed by atoms with Crippen LogP contribution in [0.25, 0.3) is 0 Å². The zero-order valence-corrected chi connectivity index (χ0v) is 10.3. The molecule has 3 heteroatoms. The molecule has 2 nitrogen and oxygen atoms in total. The number of rotatable bonds is 4. The van der Waals surface area contributed by atoms with E-state index in [1.165, 1.54) is 12.8 Å². The van der Waals surface area contributed by atoms with E-state index >= 15 is 0 Å². The van der Waals surface area contributed by atoms with Crippen LogP contribution < -0.4 is 10.1 Å². The maximum absolute atomic E-state index is 13.4. The number of alkyl halides is 1. The summed E-state index contributed by atoms with van der Waals surface area (Å²) in [5.74, 6) is 1.24. The summed E-state index contributed by atoms with van der Waals surface area (Å²) in [5, 5.41) is 3.35. The molecule has 94 valence electrons. The Balaban J connectivity index is 1.93. The quantitative estimate of drug-likeness (QED) is 0.868. The van der Waals surface area contributed by atoms with Crippen LogP contribution in [-0.2, 0) is 0 Å². The standard InChI is InChI=1S/C14H20FNO/c1-11(15)13-6-2-3-7-14(13)17-10-12-5-4-8-16-9-12/h2-3,6-7,11-12,16H,4-5,8-10H2,1H3. The lowest BCUT2D eigenvalue weighted by Crippen LogP contribution is -2.33. The lowest BCUT2D eigenvalue weighted by atomic mass is 10.0. The van der Waals surface area contributed by atoms with Crippen molar-refractivity contribution in [2.45, 2.75) is 25.9 Å². The Labute approximate surface area is 102 Å². The highest BCUT2D eigenvalue weighted by Gasteiger charge is 2.15. The van der Waals surface area contributed by atoms with Gasteiger partial charge in [-0.25, -0.2) is 4.39 Å². The minimum absolute atomic E-state index is 0.548. The highest BCUT2D eigenvalue weighted by Crippen LogP contribution is 2.27. The van der Waals surface area contributed by atoms with Crippen LogP contribution >= 0.6 is 0 Å². The largest absolute Gasteiger partial charge is 0.493 e. The Bertz CT molecular complexity index is 348. The number of ether oxygens (including phenoxy) is 1. The van der Waals surface area contributed by atoms with Crippen molar-refractivity contribution in [3.05, 3.63) is 29.8 Å². The van der Waals surface area contributed by atoms with Crippen molar-refractivity contribution in [1.29, 1.82) is 0 Å². The first-order chi connectivity index (χ1) is 8.27. The van der Waals surface area contributed by atoms with Gasteiger partial charge in [-0.3, -0.25) is 0 Å². The van der Waals surface area contributed by atoms with E-state index < -0.39 is 6.17 Å². The fraction of sp³-hybridized carbons (Fsp3) is 0.571. The molecule has 2 unspecified atom stereocenters. The molecule has 1 saturated heterocycles. The van der Waals surface area contributed by atoms with Gasteiger partial charge in [0.15, 0.2) is 0 Å². The van der Waals surface area contributed by atoms with E-state index in [1.807, 2.05) is 18.2 Å². The molecule has 2 rings (SSSR count). The minimum atomic E-state index is -0.976. The number of hydrogen-bond donors (Lipinski definition) is 1. The minimum Gasteiger partial charge on any atom is -0.493 e. The molecule has 0 spiro atoms. The smallest absolute Gasteiger partial charge is 0.126 e. The molecule has 0 aromatic heterocycles. The van der Waals surface area contributed by atoms with Crippen LogP contribution in [0.2, 0.25) is 0 Å². The first-order valence-corrected chi connectivity index (χ1v) is 6.34. The van der Waals surface area contributed by atoms with Gasteiger partial charge in [0.05, 0.1) is 6.61 Å². The van der Waals surface area contributed by atoms with Gasteiger partial charge in [-0.15, -0.1) is 0 Å². The molecular formula is C14H20FNO. The molecule has 0 aliphatic carbocycles. The monoisotopic (exact) mass is 237 g/mol. The molecule has 0 bridgehead atoms. The van der Waals surface area contributed by atoms with Crippen molar-refractivity contribution in [3.63, 3.8) is 0 Å². The van der Waals surface area contributed by atoms with Gasteiger partial charge in [0.1, 0.15) is 11.9 Å². The SMILES string of the molecule is CC(F)c1ccccc1OCC1CCCNC1. The second-order valence-corrected chi connectivity index (χ2v) is 4.68. The molecular weight excluding hydrogens is 217 g/mol. The molecule has 0 amide bonds. The number of hydrogen-bond acceptors (Lipinski definition) is 2. The van der Waals surface area contributed by atoms with Gasteiger partial charge in [-0.1, -0.05) is 18.2 Å². The van der Waals surface area contributed by atoms with E-state index in [4.69, 9.17) is 4.74 Å². The summed E-state index contributed by atoms with van der Waals surface area (Å²) in [6.07, 6.45) is 1.42. The summed E-state index contributed by atoms with van der Waals surface area (Å²) in [7, 11) is 0. The van der Waals surface area contributed by atoms with Crippen LogP contribution in [0.1, 0.15) is 31.5 Å². The van der Waals surface area contributed by atoms with Crippen molar-refractivity contribution in [2.75, 3.05) is 19.7 Å². The Kier molecular flexibility index (Phi) is 4.37. The van der Waals surface area contributed by atoms with E-state index in [0.717, 1.165) is 13.1 Å². The third kappa shape index (κ3) is 3.43. The van der Waals surface area contributed by atoms with Crippen LogP contribution in [0.5, 0.6) is 5.75 Å². The van der Waals surface area contributed by atoms with Crippen molar-refractivity contribution in [3.8, 4) is 5.75 Å². The van der Waals surface area contributed by atoms with E-state index in [2.05, 4.69) is 5.32 Å². The number of benzene rings is 1. The molecule has 1 aliphatic rings. The second-order valence-electron chi connectivity index (χ2n) is 4.68. The first-order valence-electron chi connectivity index (χ1n) is 6.34. The van der Waals surface area contributed by atoms with E-state index in [0.29, 0.717) is 23.8 Å². The molecule has 1 heterocycles. The van der Waals surface area contributed by atoms with Gasteiger partial charge >= 0.3 is 0 Å². The fourth-order valence-corrected chi connectivity index (χ4v) is 2.21. The predicted octanol–water partition coefficient (Wildman–Crippen LogP) is 3.10. The molecule has 1 fully saturated rings. The summed E-state index contributed by atoms with van der Waals surface area (Å²) in [6, 6.07) is 7.38. The number of nitrogens with one attached hydrogen (secondary N) is 1. The third-order valence-electron chi connectivity index (χ3n) is 3.22. The van der Waals surface area contributed by atoms with Gasteiger partial charge in [-0.2, -0.15) is 0 Å². The van der Waals surface area contributed by atoms with Crippen LogP contribution in [0.3, 0.4) is 0 Å². The molecule has 1 aromatic carbocycles. The molecule has 1 aromatic rings. The zero-order chi connectivity index (χ0) is 12.1. The molecule has 1 N–H and O–H groups in total. The lowest BCUT2D eigenvalue weighted by molar-refractivity contribution is 0.213. The average molecular weight is 237 g/mol. The van der Waals surface area contributed by atoms with Crippen LogP contribution in [0, 0.1) is 5.92 Å².